The first kappa shape index (κ1) is 8.80. The molecule has 3 nitrogen and oxygen atoms in total. The minimum absolute atomic E-state index is 1.06. The van der Waals surface area contributed by atoms with Crippen molar-refractivity contribution in [2.45, 2.75) is 0 Å². The Kier molecular flexibility index (Phi) is 2.10. The van der Waals surface area contributed by atoms with Crippen molar-refractivity contribution in [1.82, 2.24) is 5.32 Å². The van der Waals surface area contributed by atoms with Gasteiger partial charge in [0.2, 0.25) is 0 Å². The van der Waals surface area contributed by atoms with Crippen LogP contribution in [-0.2, 0) is 0 Å². The maximum absolute atomic E-state index is 5.25. The fourth-order valence-corrected chi connectivity index (χ4v) is 2.16. The third-order valence-electron chi connectivity index (χ3n) is 2.96. The summed E-state index contributed by atoms with van der Waals surface area (Å²) in [5, 5.41) is 5.77. The number of rotatable bonds is 1. The second kappa shape index (κ2) is 3.59. The van der Waals surface area contributed by atoms with Crippen LogP contribution in [0.5, 0.6) is 0 Å². The molecule has 1 aromatic carbocycles. The van der Waals surface area contributed by atoms with Gasteiger partial charge in [-0.1, -0.05) is 12.1 Å². The molecule has 3 rings (SSSR count). The van der Waals surface area contributed by atoms with Gasteiger partial charge in [0.05, 0.1) is 6.26 Å². The van der Waals surface area contributed by atoms with Crippen LogP contribution >= 0.6 is 0 Å². The Hall–Kier alpha value is -1.48. The summed E-state index contributed by atoms with van der Waals surface area (Å²) >= 11 is 0. The van der Waals surface area contributed by atoms with E-state index in [0.717, 1.165) is 26.2 Å². The van der Waals surface area contributed by atoms with Gasteiger partial charge in [0.1, 0.15) is 6.26 Å². The Morgan fingerprint density at radius 1 is 1.13 bits per heavy atom. The van der Waals surface area contributed by atoms with Gasteiger partial charge >= 0.3 is 0 Å². The molecule has 78 valence electrons. The van der Waals surface area contributed by atoms with Gasteiger partial charge in [0, 0.05) is 42.6 Å². The van der Waals surface area contributed by atoms with Crippen molar-refractivity contribution < 1.29 is 4.42 Å². The first-order valence-electron chi connectivity index (χ1n) is 5.36. The lowest BCUT2D eigenvalue weighted by Gasteiger charge is -2.29. The van der Waals surface area contributed by atoms with E-state index in [0.29, 0.717) is 0 Å². The maximum Gasteiger partial charge on any atom is 0.100 e. The predicted octanol–water partition coefficient (Wildman–Crippen LogP) is 1.84. The average Bonchev–Trinajstić information content (AvgIpc) is 2.78. The van der Waals surface area contributed by atoms with E-state index in [9.17, 15) is 0 Å². The van der Waals surface area contributed by atoms with Crippen molar-refractivity contribution >= 4 is 16.5 Å². The summed E-state index contributed by atoms with van der Waals surface area (Å²) in [7, 11) is 0. The molecular weight excluding hydrogens is 188 g/mol. The summed E-state index contributed by atoms with van der Waals surface area (Å²) in [6, 6.07) is 6.35. The first-order chi connectivity index (χ1) is 7.45. The fourth-order valence-electron chi connectivity index (χ4n) is 2.16. The number of anilines is 1. The summed E-state index contributed by atoms with van der Waals surface area (Å²) in [6.45, 7) is 4.27. The third-order valence-corrected chi connectivity index (χ3v) is 2.96. The van der Waals surface area contributed by atoms with E-state index in [1.54, 1.807) is 6.26 Å². The predicted molar refractivity (Wildman–Crippen MR) is 61.3 cm³/mol. The van der Waals surface area contributed by atoms with Crippen LogP contribution in [-0.4, -0.2) is 26.2 Å². The van der Waals surface area contributed by atoms with E-state index < -0.39 is 0 Å². The monoisotopic (exact) mass is 202 g/mol. The van der Waals surface area contributed by atoms with Gasteiger partial charge in [0.25, 0.3) is 0 Å². The lowest BCUT2D eigenvalue weighted by molar-refractivity contribution is 0.571. The molecule has 1 aliphatic heterocycles. The average molecular weight is 202 g/mol. The molecule has 0 unspecified atom stereocenters. The molecule has 0 amide bonds. The Labute approximate surface area is 88.7 Å². The van der Waals surface area contributed by atoms with E-state index >= 15 is 0 Å². The maximum atomic E-state index is 5.25. The molecule has 0 spiro atoms. The van der Waals surface area contributed by atoms with Gasteiger partial charge in [0.15, 0.2) is 0 Å². The highest BCUT2D eigenvalue weighted by Gasteiger charge is 2.13. The highest BCUT2D eigenvalue weighted by atomic mass is 16.3. The third kappa shape index (κ3) is 1.49. The van der Waals surface area contributed by atoms with Crippen molar-refractivity contribution in [1.29, 1.82) is 0 Å². The number of fused-ring (bicyclic) bond motifs is 1. The molecule has 0 aliphatic carbocycles. The number of nitrogens with one attached hydrogen (secondary N) is 1. The molecule has 3 heteroatoms. The van der Waals surface area contributed by atoms with Crippen LogP contribution in [0.3, 0.4) is 0 Å². The Bertz CT molecular complexity index is 457. The van der Waals surface area contributed by atoms with Crippen molar-refractivity contribution in [2.24, 2.45) is 0 Å². The van der Waals surface area contributed by atoms with Crippen LogP contribution in [0.4, 0.5) is 5.69 Å². The van der Waals surface area contributed by atoms with Gasteiger partial charge in [-0.05, 0) is 6.07 Å². The molecule has 0 bridgehead atoms. The van der Waals surface area contributed by atoms with Crippen LogP contribution in [0.2, 0.25) is 0 Å². The van der Waals surface area contributed by atoms with Gasteiger partial charge in [-0.15, -0.1) is 0 Å². The first-order valence-corrected chi connectivity index (χ1v) is 5.36. The van der Waals surface area contributed by atoms with Crippen molar-refractivity contribution in [3.8, 4) is 0 Å². The van der Waals surface area contributed by atoms with E-state index in [-0.39, 0.29) is 0 Å². The minimum Gasteiger partial charge on any atom is -0.471 e. The Morgan fingerprint density at radius 3 is 2.87 bits per heavy atom. The quantitative estimate of drug-likeness (QED) is 0.765. The van der Waals surface area contributed by atoms with Crippen LogP contribution in [0.15, 0.2) is 35.1 Å². The topological polar surface area (TPSA) is 28.4 Å². The Morgan fingerprint density at radius 2 is 2.00 bits per heavy atom. The summed E-state index contributed by atoms with van der Waals surface area (Å²) in [5.74, 6) is 0. The molecule has 0 radical (unpaired) electrons. The molecule has 1 fully saturated rings. The van der Waals surface area contributed by atoms with Gasteiger partial charge in [-0.3, -0.25) is 0 Å². The summed E-state index contributed by atoms with van der Waals surface area (Å²) < 4.78 is 5.25. The van der Waals surface area contributed by atoms with E-state index in [1.165, 1.54) is 16.5 Å². The largest absolute Gasteiger partial charge is 0.471 e. The van der Waals surface area contributed by atoms with Crippen molar-refractivity contribution in [3.63, 3.8) is 0 Å². The molecule has 1 saturated heterocycles. The zero-order valence-electron chi connectivity index (χ0n) is 8.57. The van der Waals surface area contributed by atoms with Gasteiger partial charge in [-0.25, -0.2) is 0 Å². The minimum atomic E-state index is 1.06. The second-order valence-electron chi connectivity index (χ2n) is 3.89. The molecule has 2 heterocycles. The summed E-state index contributed by atoms with van der Waals surface area (Å²) in [6.07, 6.45) is 3.65. The lowest BCUT2D eigenvalue weighted by Crippen LogP contribution is -2.43. The van der Waals surface area contributed by atoms with Gasteiger partial charge in [-0.2, -0.15) is 0 Å². The van der Waals surface area contributed by atoms with Crippen LogP contribution in [0, 0.1) is 0 Å². The van der Waals surface area contributed by atoms with Crippen LogP contribution in [0.1, 0.15) is 0 Å². The highest BCUT2D eigenvalue weighted by Crippen LogP contribution is 2.27. The van der Waals surface area contributed by atoms with Crippen LogP contribution < -0.4 is 10.2 Å². The SMILES string of the molecule is c1cc(N2CCNCC2)c2cocc2c1. The molecule has 1 aliphatic rings. The summed E-state index contributed by atoms with van der Waals surface area (Å²) in [5.41, 5.74) is 1.29. The smallest absolute Gasteiger partial charge is 0.100 e. The molecule has 15 heavy (non-hydrogen) atoms. The number of benzene rings is 1. The fraction of sp³-hybridized carbons (Fsp3) is 0.333. The lowest BCUT2D eigenvalue weighted by atomic mass is 10.1. The molecule has 2 aromatic rings. The number of hydrogen-bond donors (Lipinski definition) is 1. The van der Waals surface area contributed by atoms with Crippen LogP contribution in [0.25, 0.3) is 10.8 Å². The van der Waals surface area contributed by atoms with Crippen molar-refractivity contribution in [3.05, 3.63) is 30.7 Å². The molecule has 1 aromatic heterocycles. The van der Waals surface area contributed by atoms with E-state index in [2.05, 4.69) is 28.4 Å². The zero-order chi connectivity index (χ0) is 10.1. The van der Waals surface area contributed by atoms with E-state index in [4.69, 9.17) is 4.42 Å². The standard InChI is InChI=1S/C12H14N2O/c1-2-10-8-15-9-11(10)12(3-1)14-6-4-13-5-7-14/h1-3,8-9,13H,4-7H2. The normalized spacial score (nSPS) is 17.2. The molecule has 0 atom stereocenters. The molecular formula is C12H14N2O. The summed E-state index contributed by atoms with van der Waals surface area (Å²) in [4.78, 5) is 2.41. The van der Waals surface area contributed by atoms with E-state index in [1.807, 2.05) is 6.26 Å². The molecule has 1 N–H and O–H groups in total. The Balaban J connectivity index is 2.05. The van der Waals surface area contributed by atoms with Gasteiger partial charge < -0.3 is 14.6 Å². The highest BCUT2D eigenvalue weighted by molar-refractivity contribution is 5.93. The molecule has 0 saturated carbocycles. The number of nitrogens with zero attached hydrogens (tertiary/aromatic N) is 1. The van der Waals surface area contributed by atoms with Crippen molar-refractivity contribution in [2.75, 3.05) is 31.1 Å². The number of furan rings is 1. The second-order valence-corrected chi connectivity index (χ2v) is 3.89. The number of piperazine rings is 1. The zero-order valence-corrected chi connectivity index (χ0v) is 8.57. The number of hydrogen-bond acceptors (Lipinski definition) is 3.